The van der Waals surface area contributed by atoms with Gasteiger partial charge in [-0.25, -0.2) is 4.98 Å². The molecule has 3 nitrogen and oxygen atoms in total. The van der Waals surface area contributed by atoms with Gasteiger partial charge in [-0.1, -0.05) is 25.6 Å². The molecule has 1 aliphatic heterocycles. The van der Waals surface area contributed by atoms with Crippen LogP contribution in [0.2, 0.25) is 0 Å². The van der Waals surface area contributed by atoms with Gasteiger partial charge >= 0.3 is 6.18 Å². The van der Waals surface area contributed by atoms with E-state index in [4.69, 9.17) is 0 Å². The molecular weight excluding hydrogens is 287 g/mol. The van der Waals surface area contributed by atoms with E-state index in [1.54, 1.807) is 11.8 Å². The Kier molecular flexibility index (Phi) is 4.57. The molecule has 0 fully saturated rings. The third-order valence-electron chi connectivity index (χ3n) is 2.76. The molecule has 0 aromatic carbocycles. The molecule has 0 saturated heterocycles. The number of nitrogens with one attached hydrogen (secondary N) is 1. The number of hydrogen-bond donors (Lipinski definition) is 1. The van der Waals surface area contributed by atoms with E-state index in [0.29, 0.717) is 16.9 Å². The summed E-state index contributed by atoms with van der Waals surface area (Å²) in [6.45, 7) is 5.07. The van der Waals surface area contributed by atoms with Crippen LogP contribution in [-0.2, 0) is 6.18 Å². The van der Waals surface area contributed by atoms with E-state index >= 15 is 0 Å². The molecule has 0 saturated carbocycles. The molecule has 0 aliphatic carbocycles. The van der Waals surface area contributed by atoms with Crippen molar-refractivity contribution in [2.24, 2.45) is 10.9 Å². The van der Waals surface area contributed by atoms with Crippen LogP contribution >= 0.6 is 11.8 Å². The van der Waals surface area contributed by atoms with Crippen molar-refractivity contribution in [2.45, 2.75) is 31.7 Å². The van der Waals surface area contributed by atoms with E-state index in [9.17, 15) is 13.2 Å². The molecule has 1 atom stereocenters. The Balaban J connectivity index is 1.92. The largest absolute Gasteiger partial charge is 0.433 e. The summed E-state index contributed by atoms with van der Waals surface area (Å²) in [4.78, 5) is 7.76. The van der Waals surface area contributed by atoms with Crippen molar-refractivity contribution in [3.05, 3.63) is 24.0 Å². The first-order chi connectivity index (χ1) is 9.34. The number of aliphatic imine (C=N–C) groups is 1. The topological polar surface area (TPSA) is 37.3 Å². The molecule has 7 heteroatoms. The summed E-state index contributed by atoms with van der Waals surface area (Å²) in [6, 6.07) is 2.34. The van der Waals surface area contributed by atoms with Gasteiger partial charge in [0.15, 0.2) is 5.17 Å². The first-order valence-electron chi connectivity index (χ1n) is 6.36. The maximum Gasteiger partial charge on any atom is 0.433 e. The van der Waals surface area contributed by atoms with Gasteiger partial charge < -0.3 is 5.32 Å². The van der Waals surface area contributed by atoms with Crippen molar-refractivity contribution in [1.29, 1.82) is 0 Å². The van der Waals surface area contributed by atoms with Crippen molar-refractivity contribution in [2.75, 3.05) is 11.9 Å². The maximum absolute atomic E-state index is 12.4. The highest BCUT2D eigenvalue weighted by molar-refractivity contribution is 8.15. The Labute approximate surface area is 120 Å². The second kappa shape index (κ2) is 6.03. The summed E-state index contributed by atoms with van der Waals surface area (Å²) < 4.78 is 37.2. The molecule has 1 aromatic heterocycles. The van der Waals surface area contributed by atoms with E-state index in [-0.39, 0.29) is 0 Å². The zero-order valence-electron chi connectivity index (χ0n) is 11.2. The molecular formula is C13H16F3N3S. The average Bonchev–Trinajstić information content (AvgIpc) is 2.75. The van der Waals surface area contributed by atoms with E-state index in [2.05, 4.69) is 29.1 Å². The Morgan fingerprint density at radius 3 is 2.70 bits per heavy atom. The van der Waals surface area contributed by atoms with Crippen LogP contribution in [0.25, 0.3) is 0 Å². The number of halogens is 3. The normalized spacial score (nSPS) is 19.3. The number of aromatic nitrogens is 1. The Bertz CT molecular complexity index is 483. The van der Waals surface area contributed by atoms with Crippen LogP contribution in [0.4, 0.5) is 18.9 Å². The van der Waals surface area contributed by atoms with Gasteiger partial charge in [-0.3, -0.25) is 4.99 Å². The number of hydrogen-bond acceptors (Lipinski definition) is 4. The first kappa shape index (κ1) is 15.2. The lowest BCUT2D eigenvalue weighted by Gasteiger charge is -2.11. The van der Waals surface area contributed by atoms with Gasteiger partial charge in [-0.05, 0) is 24.5 Å². The monoisotopic (exact) mass is 303 g/mol. The van der Waals surface area contributed by atoms with Crippen molar-refractivity contribution < 1.29 is 13.2 Å². The summed E-state index contributed by atoms with van der Waals surface area (Å²) in [7, 11) is 0. The number of thioether (sulfide) groups is 1. The Morgan fingerprint density at radius 2 is 2.15 bits per heavy atom. The van der Waals surface area contributed by atoms with E-state index < -0.39 is 11.9 Å². The fraction of sp³-hybridized carbons (Fsp3) is 0.538. The van der Waals surface area contributed by atoms with Crippen LogP contribution in [0.15, 0.2) is 23.3 Å². The zero-order valence-corrected chi connectivity index (χ0v) is 12.1. The highest BCUT2D eigenvalue weighted by Crippen LogP contribution is 2.29. The molecule has 20 heavy (non-hydrogen) atoms. The zero-order chi connectivity index (χ0) is 14.8. The number of pyridine rings is 1. The summed E-state index contributed by atoms with van der Waals surface area (Å²) in [5.41, 5.74) is -0.365. The van der Waals surface area contributed by atoms with Gasteiger partial charge in [0.05, 0.1) is 18.4 Å². The number of alkyl halides is 3. The van der Waals surface area contributed by atoms with Crippen molar-refractivity contribution in [3.63, 3.8) is 0 Å². The average molecular weight is 303 g/mol. The molecule has 1 aliphatic rings. The second-order valence-electron chi connectivity index (χ2n) is 5.07. The highest BCUT2D eigenvalue weighted by Gasteiger charge is 2.32. The lowest BCUT2D eigenvalue weighted by Crippen LogP contribution is -2.11. The molecule has 0 radical (unpaired) electrons. The molecule has 1 N–H and O–H groups in total. The van der Waals surface area contributed by atoms with E-state index in [1.807, 2.05) is 0 Å². The number of nitrogens with zero attached hydrogens (tertiary/aromatic N) is 2. The lowest BCUT2D eigenvalue weighted by molar-refractivity contribution is -0.141. The second-order valence-corrected chi connectivity index (χ2v) is 6.36. The van der Waals surface area contributed by atoms with Gasteiger partial charge in [-0.2, -0.15) is 13.2 Å². The molecule has 0 amide bonds. The van der Waals surface area contributed by atoms with Crippen LogP contribution in [0, 0.1) is 5.92 Å². The fourth-order valence-corrected chi connectivity index (χ4v) is 3.17. The molecule has 0 spiro atoms. The SMILES string of the molecule is CC(C)CC1CN=C(Nc2ccc(C(F)(F)F)nc2)S1. The number of rotatable bonds is 3. The van der Waals surface area contributed by atoms with Crippen LogP contribution in [0.3, 0.4) is 0 Å². The third-order valence-corrected chi connectivity index (χ3v) is 3.89. The Morgan fingerprint density at radius 1 is 1.40 bits per heavy atom. The number of anilines is 1. The minimum Gasteiger partial charge on any atom is -0.334 e. The third kappa shape index (κ3) is 4.13. The predicted octanol–water partition coefficient (Wildman–Crippen LogP) is 4.03. The molecule has 1 aromatic rings. The molecule has 0 bridgehead atoms. The summed E-state index contributed by atoms with van der Waals surface area (Å²) in [6.07, 6.45) is -2.15. The standard InChI is InChI=1S/C13H16F3N3S/c1-8(2)5-10-7-18-12(20-10)19-9-3-4-11(17-6-9)13(14,15)16/h3-4,6,8,10H,5,7H2,1-2H3,(H,18,19). The number of amidine groups is 1. The first-order valence-corrected chi connectivity index (χ1v) is 7.24. The summed E-state index contributed by atoms with van der Waals surface area (Å²) in [5.74, 6) is 0.606. The highest BCUT2D eigenvalue weighted by atomic mass is 32.2. The van der Waals surface area contributed by atoms with Gasteiger partial charge in [0.1, 0.15) is 5.69 Å². The van der Waals surface area contributed by atoms with Gasteiger partial charge in [-0.15, -0.1) is 0 Å². The van der Waals surface area contributed by atoms with Gasteiger partial charge in [0.25, 0.3) is 0 Å². The van der Waals surface area contributed by atoms with Crippen LogP contribution in [-0.4, -0.2) is 21.9 Å². The summed E-state index contributed by atoms with van der Waals surface area (Å²) in [5, 5.41) is 4.20. The van der Waals surface area contributed by atoms with Crippen molar-refractivity contribution in [1.82, 2.24) is 4.98 Å². The van der Waals surface area contributed by atoms with E-state index in [1.165, 1.54) is 12.3 Å². The quantitative estimate of drug-likeness (QED) is 0.916. The molecule has 110 valence electrons. The van der Waals surface area contributed by atoms with Gasteiger partial charge in [0, 0.05) is 5.25 Å². The fourth-order valence-electron chi connectivity index (χ4n) is 1.89. The smallest absolute Gasteiger partial charge is 0.334 e. The summed E-state index contributed by atoms with van der Waals surface area (Å²) >= 11 is 1.63. The lowest BCUT2D eigenvalue weighted by atomic mass is 10.1. The molecule has 1 unspecified atom stereocenters. The molecule has 2 heterocycles. The maximum atomic E-state index is 12.4. The predicted molar refractivity (Wildman–Crippen MR) is 76.0 cm³/mol. The van der Waals surface area contributed by atoms with Crippen LogP contribution in [0.1, 0.15) is 26.0 Å². The van der Waals surface area contributed by atoms with Gasteiger partial charge in [0.2, 0.25) is 0 Å². The minimum atomic E-state index is -4.40. The van der Waals surface area contributed by atoms with Crippen LogP contribution < -0.4 is 5.32 Å². The van der Waals surface area contributed by atoms with E-state index in [0.717, 1.165) is 24.2 Å². The van der Waals surface area contributed by atoms with Crippen LogP contribution in [0.5, 0.6) is 0 Å². The minimum absolute atomic E-state index is 0.444. The Hall–Kier alpha value is -1.24. The van der Waals surface area contributed by atoms with Crippen molar-refractivity contribution in [3.8, 4) is 0 Å². The molecule has 2 rings (SSSR count). The van der Waals surface area contributed by atoms with Crippen molar-refractivity contribution >= 4 is 22.6 Å².